The fourth-order valence-corrected chi connectivity index (χ4v) is 6.22. The molecule has 5 rings (SSSR count). The van der Waals surface area contributed by atoms with Gasteiger partial charge in [-0.1, -0.05) is 0 Å². The van der Waals surface area contributed by atoms with E-state index in [-0.39, 0.29) is 36.9 Å². The van der Waals surface area contributed by atoms with Crippen LogP contribution >= 0.6 is 0 Å². The number of rotatable bonds is 5. The van der Waals surface area contributed by atoms with E-state index < -0.39 is 12.1 Å². The maximum Gasteiger partial charge on any atom is 0.334 e. The van der Waals surface area contributed by atoms with Crippen LogP contribution < -0.4 is 5.32 Å². The van der Waals surface area contributed by atoms with E-state index in [2.05, 4.69) is 5.32 Å². The first-order chi connectivity index (χ1) is 12.4. The van der Waals surface area contributed by atoms with Crippen LogP contribution in [0, 0.1) is 23.2 Å². The predicted molar refractivity (Wildman–Crippen MR) is 92.2 cm³/mol. The molecule has 1 aliphatic heterocycles. The highest BCUT2D eigenvalue weighted by atomic mass is 16.5. The third-order valence-electron chi connectivity index (χ3n) is 6.83. The van der Waals surface area contributed by atoms with Crippen LogP contribution in [-0.4, -0.2) is 60.1 Å². The highest BCUT2D eigenvalue weighted by molar-refractivity contribution is 5.85. The first-order valence-corrected chi connectivity index (χ1v) is 9.81. The third-order valence-corrected chi connectivity index (χ3v) is 6.83. The number of ether oxygens (including phenoxy) is 1. The van der Waals surface area contributed by atoms with E-state index in [0.717, 1.165) is 17.8 Å². The molecular weight excluding hydrogens is 336 g/mol. The van der Waals surface area contributed by atoms with Crippen molar-refractivity contribution in [3.63, 3.8) is 0 Å². The van der Waals surface area contributed by atoms with E-state index in [1.807, 2.05) is 0 Å². The molecule has 5 aliphatic rings. The van der Waals surface area contributed by atoms with E-state index in [4.69, 9.17) is 9.84 Å². The number of hydrogen-bond acceptors (Lipinski definition) is 4. The van der Waals surface area contributed by atoms with Gasteiger partial charge in [0.2, 0.25) is 11.8 Å². The maximum absolute atomic E-state index is 12.5. The lowest BCUT2D eigenvalue weighted by atomic mass is 9.49. The zero-order chi connectivity index (χ0) is 18.3. The van der Waals surface area contributed by atoms with E-state index >= 15 is 0 Å². The van der Waals surface area contributed by atoms with Gasteiger partial charge in [0, 0.05) is 13.0 Å². The Morgan fingerprint density at radius 1 is 1.08 bits per heavy atom. The number of carbonyl (C=O) groups excluding carboxylic acids is 2. The van der Waals surface area contributed by atoms with E-state index in [9.17, 15) is 14.4 Å². The minimum Gasteiger partial charge on any atom is -0.479 e. The van der Waals surface area contributed by atoms with Crippen molar-refractivity contribution < 1.29 is 24.2 Å². The summed E-state index contributed by atoms with van der Waals surface area (Å²) in [5.41, 5.74) is 0.162. The van der Waals surface area contributed by atoms with Crippen LogP contribution in [0.25, 0.3) is 0 Å². The maximum atomic E-state index is 12.5. The predicted octanol–water partition coefficient (Wildman–Crippen LogP) is 1.02. The molecule has 0 radical (unpaired) electrons. The number of amides is 2. The molecule has 7 heteroatoms. The molecule has 4 saturated carbocycles. The monoisotopic (exact) mass is 364 g/mol. The molecule has 4 bridgehead atoms. The van der Waals surface area contributed by atoms with Gasteiger partial charge in [0.05, 0.1) is 19.7 Å². The van der Waals surface area contributed by atoms with Gasteiger partial charge in [-0.2, -0.15) is 0 Å². The normalized spacial score (nSPS) is 38.2. The van der Waals surface area contributed by atoms with Gasteiger partial charge in [-0.15, -0.1) is 0 Å². The first-order valence-electron chi connectivity index (χ1n) is 9.81. The van der Waals surface area contributed by atoms with Gasteiger partial charge in [-0.3, -0.25) is 9.59 Å². The molecule has 4 aliphatic carbocycles. The van der Waals surface area contributed by atoms with Gasteiger partial charge >= 0.3 is 5.97 Å². The summed E-state index contributed by atoms with van der Waals surface area (Å²) < 4.78 is 5.12. The van der Waals surface area contributed by atoms with Crippen molar-refractivity contribution in [1.82, 2.24) is 10.2 Å². The van der Waals surface area contributed by atoms with Gasteiger partial charge < -0.3 is 20.1 Å². The second kappa shape index (κ2) is 6.83. The number of carbonyl (C=O) groups is 3. The largest absolute Gasteiger partial charge is 0.479 e. The minimum atomic E-state index is -1.06. The molecule has 144 valence electrons. The lowest BCUT2D eigenvalue weighted by Crippen LogP contribution is -2.52. The third kappa shape index (κ3) is 3.59. The smallest absolute Gasteiger partial charge is 0.334 e. The molecule has 1 atom stereocenters. The van der Waals surface area contributed by atoms with Crippen molar-refractivity contribution in [2.24, 2.45) is 23.2 Å². The average Bonchev–Trinajstić information content (AvgIpc) is 2.58. The molecule has 0 aromatic rings. The molecule has 26 heavy (non-hydrogen) atoms. The summed E-state index contributed by atoms with van der Waals surface area (Å²) in [4.78, 5) is 37.3. The highest BCUT2D eigenvalue weighted by Gasteiger charge is 2.51. The van der Waals surface area contributed by atoms with Crippen molar-refractivity contribution in [2.75, 3.05) is 26.2 Å². The van der Waals surface area contributed by atoms with Crippen molar-refractivity contribution in [3.05, 3.63) is 0 Å². The van der Waals surface area contributed by atoms with Crippen molar-refractivity contribution in [2.45, 2.75) is 51.0 Å². The van der Waals surface area contributed by atoms with Crippen LogP contribution in [0.2, 0.25) is 0 Å². The molecule has 2 amide bonds. The Morgan fingerprint density at radius 2 is 1.69 bits per heavy atom. The number of carboxylic acids is 1. The molecule has 7 nitrogen and oxygen atoms in total. The standard InChI is InChI=1S/C19H28N2O5/c22-16(9-19-6-12-3-13(7-19)5-14(4-12)8-19)20-10-17(23)21-1-2-26-15(11-21)18(24)25/h12-15H,1-11H2,(H,20,22)(H,24,25). The summed E-state index contributed by atoms with van der Waals surface area (Å²) in [5.74, 6) is 1.07. The van der Waals surface area contributed by atoms with Gasteiger partial charge in [0.1, 0.15) is 0 Å². The molecule has 1 unspecified atom stereocenters. The number of hydrogen-bond donors (Lipinski definition) is 2. The van der Waals surface area contributed by atoms with Crippen LogP contribution in [0.5, 0.6) is 0 Å². The average molecular weight is 364 g/mol. The van der Waals surface area contributed by atoms with Gasteiger partial charge in [0.25, 0.3) is 0 Å². The Morgan fingerprint density at radius 3 is 2.27 bits per heavy atom. The van der Waals surface area contributed by atoms with Crippen molar-refractivity contribution in [1.29, 1.82) is 0 Å². The number of nitrogens with zero attached hydrogens (tertiary/aromatic N) is 1. The second-order valence-corrected chi connectivity index (χ2v) is 8.91. The summed E-state index contributed by atoms with van der Waals surface area (Å²) in [5, 5.41) is 11.8. The summed E-state index contributed by atoms with van der Waals surface area (Å²) in [6, 6.07) is 0. The lowest BCUT2D eigenvalue weighted by molar-refractivity contribution is -0.159. The summed E-state index contributed by atoms with van der Waals surface area (Å²) >= 11 is 0. The zero-order valence-electron chi connectivity index (χ0n) is 15.1. The second-order valence-electron chi connectivity index (χ2n) is 8.91. The number of carboxylic acid groups (broad SMARTS) is 1. The Balaban J connectivity index is 1.26. The fraction of sp³-hybridized carbons (Fsp3) is 0.842. The molecular formula is C19H28N2O5. The van der Waals surface area contributed by atoms with E-state index in [0.29, 0.717) is 13.0 Å². The number of morpholine rings is 1. The zero-order valence-corrected chi connectivity index (χ0v) is 15.1. The molecule has 1 heterocycles. The minimum absolute atomic E-state index is 0.0386. The first kappa shape index (κ1) is 17.8. The van der Waals surface area contributed by atoms with Crippen LogP contribution in [0.1, 0.15) is 44.9 Å². The molecule has 0 spiro atoms. The quantitative estimate of drug-likeness (QED) is 0.759. The van der Waals surface area contributed by atoms with E-state index in [1.54, 1.807) is 0 Å². The fourth-order valence-electron chi connectivity index (χ4n) is 6.22. The Hall–Kier alpha value is -1.63. The lowest BCUT2D eigenvalue weighted by Gasteiger charge is -2.56. The van der Waals surface area contributed by atoms with Crippen molar-refractivity contribution in [3.8, 4) is 0 Å². The Labute approximate surface area is 153 Å². The van der Waals surface area contributed by atoms with Crippen LogP contribution in [-0.2, 0) is 19.1 Å². The van der Waals surface area contributed by atoms with Gasteiger partial charge in [-0.05, 0) is 61.7 Å². The van der Waals surface area contributed by atoms with Crippen LogP contribution in [0.3, 0.4) is 0 Å². The molecule has 2 N–H and O–H groups in total. The van der Waals surface area contributed by atoms with E-state index in [1.165, 1.54) is 43.4 Å². The summed E-state index contributed by atoms with van der Waals surface area (Å²) in [7, 11) is 0. The summed E-state index contributed by atoms with van der Waals surface area (Å²) in [6.45, 7) is 0.563. The Bertz CT molecular complexity index is 569. The summed E-state index contributed by atoms with van der Waals surface area (Å²) in [6.07, 6.45) is 7.11. The van der Waals surface area contributed by atoms with Crippen LogP contribution in [0.4, 0.5) is 0 Å². The number of nitrogens with one attached hydrogen (secondary N) is 1. The SMILES string of the molecule is O=C(CC12CC3CC(CC(C3)C1)C2)NCC(=O)N1CCOC(C(=O)O)C1. The molecule has 0 aromatic carbocycles. The highest BCUT2D eigenvalue weighted by Crippen LogP contribution is 2.61. The number of aliphatic carboxylic acids is 1. The molecule has 0 aromatic heterocycles. The Kier molecular flexibility index (Phi) is 4.67. The van der Waals surface area contributed by atoms with Crippen molar-refractivity contribution >= 4 is 17.8 Å². The molecule has 5 fully saturated rings. The van der Waals surface area contributed by atoms with Gasteiger partial charge in [0.15, 0.2) is 6.10 Å². The van der Waals surface area contributed by atoms with Gasteiger partial charge in [-0.25, -0.2) is 4.79 Å². The van der Waals surface area contributed by atoms with Crippen LogP contribution in [0.15, 0.2) is 0 Å². The topological polar surface area (TPSA) is 95.9 Å². The molecule has 1 saturated heterocycles.